The van der Waals surface area contributed by atoms with E-state index in [9.17, 15) is 4.79 Å². The van der Waals surface area contributed by atoms with Crippen LogP contribution >= 0.6 is 11.8 Å². The van der Waals surface area contributed by atoms with Gasteiger partial charge in [0, 0.05) is 38.1 Å². The molecule has 3 aliphatic rings. The van der Waals surface area contributed by atoms with Crippen molar-refractivity contribution >= 4 is 17.5 Å². The first-order valence-corrected chi connectivity index (χ1v) is 9.36. The standard InChI is InChI=1S/C16H27NO2S/c1-2-13-12-17(7-3-15(13)18)14-4-8-19-16(11-14)5-9-20-10-6-16/h13-14H,2-12H2,1H3. The highest BCUT2D eigenvalue weighted by molar-refractivity contribution is 7.99. The van der Waals surface area contributed by atoms with Crippen molar-refractivity contribution in [1.29, 1.82) is 0 Å². The van der Waals surface area contributed by atoms with E-state index in [0.717, 1.165) is 39.0 Å². The van der Waals surface area contributed by atoms with Crippen molar-refractivity contribution in [2.24, 2.45) is 5.92 Å². The van der Waals surface area contributed by atoms with Crippen LogP contribution in [0.1, 0.15) is 45.4 Å². The minimum Gasteiger partial charge on any atom is -0.375 e. The van der Waals surface area contributed by atoms with Gasteiger partial charge >= 0.3 is 0 Å². The van der Waals surface area contributed by atoms with Gasteiger partial charge in [0.1, 0.15) is 5.78 Å². The number of likely N-dealkylation sites (tertiary alicyclic amines) is 1. The van der Waals surface area contributed by atoms with Crippen LogP contribution in [0.5, 0.6) is 0 Å². The van der Waals surface area contributed by atoms with Crippen molar-refractivity contribution < 1.29 is 9.53 Å². The molecule has 0 aliphatic carbocycles. The molecule has 0 aromatic carbocycles. The molecule has 114 valence electrons. The third-order valence-electron chi connectivity index (χ3n) is 5.44. The number of hydrogen-bond donors (Lipinski definition) is 0. The monoisotopic (exact) mass is 297 g/mol. The van der Waals surface area contributed by atoms with Gasteiger partial charge in [0.2, 0.25) is 0 Å². The van der Waals surface area contributed by atoms with Crippen LogP contribution in [0.25, 0.3) is 0 Å². The Kier molecular flexibility index (Phi) is 4.73. The second-order valence-electron chi connectivity index (χ2n) is 6.61. The van der Waals surface area contributed by atoms with Gasteiger partial charge in [-0.15, -0.1) is 0 Å². The highest BCUT2D eigenvalue weighted by Gasteiger charge is 2.41. The molecule has 3 saturated heterocycles. The van der Waals surface area contributed by atoms with Crippen LogP contribution < -0.4 is 0 Å². The highest BCUT2D eigenvalue weighted by atomic mass is 32.2. The molecule has 3 aliphatic heterocycles. The SMILES string of the molecule is CCC1CN(C2CCOC3(CCSCC3)C2)CCC1=O. The molecule has 0 radical (unpaired) electrons. The van der Waals surface area contributed by atoms with Gasteiger partial charge in [-0.1, -0.05) is 6.92 Å². The number of hydrogen-bond acceptors (Lipinski definition) is 4. The summed E-state index contributed by atoms with van der Waals surface area (Å²) in [6.07, 6.45) is 6.55. The van der Waals surface area contributed by atoms with Gasteiger partial charge in [-0.2, -0.15) is 11.8 Å². The number of carbonyl (C=O) groups excluding carboxylic acids is 1. The van der Waals surface area contributed by atoms with E-state index in [4.69, 9.17) is 4.74 Å². The van der Waals surface area contributed by atoms with Crippen molar-refractivity contribution in [3.63, 3.8) is 0 Å². The first kappa shape index (κ1) is 14.9. The second kappa shape index (κ2) is 6.37. The molecule has 4 heteroatoms. The molecule has 0 bridgehead atoms. The summed E-state index contributed by atoms with van der Waals surface area (Å²) in [5.74, 6) is 3.27. The van der Waals surface area contributed by atoms with Crippen LogP contribution in [0.2, 0.25) is 0 Å². The Morgan fingerprint density at radius 3 is 2.95 bits per heavy atom. The van der Waals surface area contributed by atoms with E-state index in [0.29, 0.717) is 11.8 Å². The third kappa shape index (κ3) is 3.07. The summed E-state index contributed by atoms with van der Waals surface area (Å²) in [5, 5.41) is 0. The van der Waals surface area contributed by atoms with Crippen LogP contribution in [0, 0.1) is 5.92 Å². The van der Waals surface area contributed by atoms with Crippen LogP contribution in [0.4, 0.5) is 0 Å². The normalized spacial score (nSPS) is 35.4. The Morgan fingerprint density at radius 2 is 2.20 bits per heavy atom. The number of piperidine rings is 1. The molecule has 1 spiro atoms. The van der Waals surface area contributed by atoms with Gasteiger partial charge in [0.05, 0.1) is 5.60 Å². The van der Waals surface area contributed by atoms with E-state index in [2.05, 4.69) is 23.6 Å². The molecule has 3 fully saturated rings. The Labute approximate surface area is 126 Å². The molecule has 20 heavy (non-hydrogen) atoms. The molecular weight excluding hydrogens is 270 g/mol. The summed E-state index contributed by atoms with van der Waals surface area (Å²) in [6.45, 7) is 5.03. The summed E-state index contributed by atoms with van der Waals surface area (Å²) >= 11 is 2.07. The molecule has 0 aromatic heterocycles. The van der Waals surface area contributed by atoms with Crippen molar-refractivity contribution in [3.8, 4) is 0 Å². The Morgan fingerprint density at radius 1 is 1.40 bits per heavy atom. The first-order chi connectivity index (χ1) is 9.72. The van der Waals surface area contributed by atoms with E-state index < -0.39 is 0 Å². The van der Waals surface area contributed by atoms with Crippen LogP contribution in [-0.2, 0) is 9.53 Å². The van der Waals surface area contributed by atoms with E-state index >= 15 is 0 Å². The van der Waals surface area contributed by atoms with Gasteiger partial charge in [0.15, 0.2) is 0 Å². The van der Waals surface area contributed by atoms with Gasteiger partial charge in [-0.3, -0.25) is 9.69 Å². The lowest BCUT2D eigenvalue weighted by molar-refractivity contribution is -0.132. The zero-order chi connectivity index (χ0) is 14.0. The molecule has 3 nitrogen and oxygen atoms in total. The Hall–Kier alpha value is -0.0600. The van der Waals surface area contributed by atoms with E-state index in [-0.39, 0.29) is 11.5 Å². The molecule has 0 saturated carbocycles. The van der Waals surface area contributed by atoms with E-state index in [1.54, 1.807) is 0 Å². The zero-order valence-electron chi connectivity index (χ0n) is 12.6. The minimum atomic E-state index is 0.164. The van der Waals surface area contributed by atoms with Crippen molar-refractivity contribution in [1.82, 2.24) is 4.90 Å². The average molecular weight is 297 g/mol. The highest BCUT2D eigenvalue weighted by Crippen LogP contribution is 2.39. The fourth-order valence-electron chi connectivity index (χ4n) is 4.03. The van der Waals surface area contributed by atoms with Crippen molar-refractivity contribution in [2.45, 2.75) is 57.1 Å². The van der Waals surface area contributed by atoms with Gasteiger partial charge in [-0.05, 0) is 43.6 Å². The largest absolute Gasteiger partial charge is 0.375 e. The number of nitrogens with zero attached hydrogens (tertiary/aromatic N) is 1. The molecule has 2 atom stereocenters. The maximum atomic E-state index is 11.9. The number of thioether (sulfide) groups is 1. The third-order valence-corrected chi connectivity index (χ3v) is 6.42. The molecule has 3 heterocycles. The predicted molar refractivity (Wildman–Crippen MR) is 83.2 cm³/mol. The van der Waals surface area contributed by atoms with E-state index in [1.165, 1.54) is 30.8 Å². The number of rotatable bonds is 2. The summed E-state index contributed by atoms with van der Waals surface area (Å²) < 4.78 is 6.19. The lowest BCUT2D eigenvalue weighted by atomic mass is 9.83. The van der Waals surface area contributed by atoms with Gasteiger partial charge in [-0.25, -0.2) is 0 Å². The van der Waals surface area contributed by atoms with Crippen LogP contribution in [0.3, 0.4) is 0 Å². The number of Topliss-reactive ketones (excluding diaryl/α,β-unsaturated/α-hetero) is 1. The molecule has 3 rings (SSSR count). The van der Waals surface area contributed by atoms with Gasteiger partial charge < -0.3 is 4.74 Å². The van der Waals surface area contributed by atoms with Crippen molar-refractivity contribution in [2.75, 3.05) is 31.2 Å². The lowest BCUT2D eigenvalue weighted by Crippen LogP contribution is -2.53. The fourth-order valence-corrected chi connectivity index (χ4v) is 5.26. The first-order valence-electron chi connectivity index (χ1n) is 8.21. The van der Waals surface area contributed by atoms with Gasteiger partial charge in [0.25, 0.3) is 0 Å². The molecular formula is C16H27NO2S. The predicted octanol–water partition coefficient (Wildman–Crippen LogP) is 2.73. The summed E-state index contributed by atoms with van der Waals surface area (Å²) in [4.78, 5) is 14.5. The molecule has 0 aromatic rings. The zero-order valence-corrected chi connectivity index (χ0v) is 13.4. The second-order valence-corrected chi connectivity index (χ2v) is 7.83. The maximum Gasteiger partial charge on any atom is 0.138 e. The quantitative estimate of drug-likeness (QED) is 0.784. The summed E-state index contributed by atoms with van der Waals surface area (Å²) in [5.41, 5.74) is 0.164. The smallest absolute Gasteiger partial charge is 0.138 e. The summed E-state index contributed by atoms with van der Waals surface area (Å²) in [7, 11) is 0. The number of ketones is 1. The fraction of sp³-hybridized carbons (Fsp3) is 0.938. The van der Waals surface area contributed by atoms with Crippen LogP contribution in [-0.4, -0.2) is 53.5 Å². The lowest BCUT2D eigenvalue weighted by Gasteiger charge is -2.47. The number of ether oxygens (including phenoxy) is 1. The average Bonchev–Trinajstić information content (AvgIpc) is 2.48. The summed E-state index contributed by atoms with van der Waals surface area (Å²) in [6, 6.07) is 0.647. The maximum absolute atomic E-state index is 11.9. The van der Waals surface area contributed by atoms with Crippen molar-refractivity contribution in [3.05, 3.63) is 0 Å². The molecule has 0 N–H and O–H groups in total. The Balaban J connectivity index is 1.63. The van der Waals surface area contributed by atoms with E-state index in [1.807, 2.05) is 0 Å². The van der Waals surface area contributed by atoms with Crippen LogP contribution in [0.15, 0.2) is 0 Å². The minimum absolute atomic E-state index is 0.164. The number of carbonyl (C=O) groups is 1. The Bertz CT molecular complexity index is 349. The molecule has 0 amide bonds. The topological polar surface area (TPSA) is 29.5 Å². The molecule has 2 unspecified atom stereocenters.